The van der Waals surface area contributed by atoms with Crippen LogP contribution in [-0.4, -0.2) is 10.9 Å². The highest BCUT2D eigenvalue weighted by Gasteiger charge is 2.19. The zero-order valence-corrected chi connectivity index (χ0v) is 12.9. The third kappa shape index (κ3) is 4.01. The van der Waals surface area contributed by atoms with Crippen molar-refractivity contribution >= 4 is 15.9 Å². The molecule has 18 heavy (non-hydrogen) atoms. The van der Waals surface area contributed by atoms with Crippen LogP contribution in [0.25, 0.3) is 0 Å². The molecule has 1 aliphatic carbocycles. The summed E-state index contributed by atoms with van der Waals surface area (Å²) in [6.45, 7) is 4.13. The fourth-order valence-corrected chi connectivity index (χ4v) is 3.47. The Labute approximate surface area is 119 Å². The first-order chi connectivity index (χ1) is 8.65. The van der Waals surface area contributed by atoms with Crippen LogP contribution in [0, 0.1) is 0 Å². The molecule has 0 aliphatic heterocycles. The first-order valence-electron chi connectivity index (χ1n) is 7.06. The molecule has 0 aromatic heterocycles. The lowest BCUT2D eigenvalue weighted by Crippen LogP contribution is -2.06. The van der Waals surface area contributed by atoms with E-state index in [9.17, 15) is 0 Å². The molecule has 1 aromatic carbocycles. The maximum Gasteiger partial charge on any atom is 0.119 e. The van der Waals surface area contributed by atoms with E-state index in [2.05, 4.69) is 54.0 Å². The molecule has 0 amide bonds. The second-order valence-electron chi connectivity index (χ2n) is 5.55. The molecule has 0 saturated heterocycles. The van der Waals surface area contributed by atoms with Crippen molar-refractivity contribution in [2.45, 2.75) is 62.8 Å². The molecule has 0 spiro atoms. The lowest BCUT2D eigenvalue weighted by Gasteiger charge is -2.17. The Kier molecular flexibility index (Phi) is 5.11. The molecule has 2 rings (SSSR count). The number of benzene rings is 1. The van der Waals surface area contributed by atoms with Gasteiger partial charge in [-0.15, -0.1) is 0 Å². The van der Waals surface area contributed by atoms with Gasteiger partial charge >= 0.3 is 0 Å². The predicted octanol–water partition coefficient (Wildman–Crippen LogP) is 5.29. The van der Waals surface area contributed by atoms with E-state index in [1.165, 1.54) is 37.7 Å². The Hall–Kier alpha value is -0.500. The minimum absolute atomic E-state index is 0.251. The number of hydrogen-bond donors (Lipinski definition) is 0. The summed E-state index contributed by atoms with van der Waals surface area (Å²) in [6, 6.07) is 8.72. The monoisotopic (exact) mass is 310 g/mol. The lowest BCUT2D eigenvalue weighted by atomic mass is 9.92. The molecule has 2 heteroatoms. The zero-order valence-electron chi connectivity index (χ0n) is 11.4. The SMILES string of the molecule is CC(C)Oc1ccc(C2CCCCC(Br)C2)cc1. The van der Waals surface area contributed by atoms with Crippen molar-refractivity contribution in [3.8, 4) is 5.75 Å². The van der Waals surface area contributed by atoms with Crippen LogP contribution in [0.5, 0.6) is 5.75 Å². The average Bonchev–Trinajstić information content (AvgIpc) is 2.54. The normalized spacial score (nSPS) is 24.9. The maximum absolute atomic E-state index is 5.69. The molecule has 2 unspecified atom stereocenters. The van der Waals surface area contributed by atoms with Crippen LogP contribution in [0.1, 0.15) is 57.4 Å². The zero-order chi connectivity index (χ0) is 13.0. The van der Waals surface area contributed by atoms with Crippen molar-refractivity contribution < 1.29 is 4.74 Å². The van der Waals surface area contributed by atoms with Crippen molar-refractivity contribution in [1.82, 2.24) is 0 Å². The molecule has 0 heterocycles. The second kappa shape index (κ2) is 6.60. The van der Waals surface area contributed by atoms with E-state index >= 15 is 0 Å². The molecule has 0 radical (unpaired) electrons. The highest BCUT2D eigenvalue weighted by molar-refractivity contribution is 9.09. The number of alkyl halides is 1. The van der Waals surface area contributed by atoms with Crippen molar-refractivity contribution in [3.05, 3.63) is 29.8 Å². The topological polar surface area (TPSA) is 9.23 Å². The van der Waals surface area contributed by atoms with Crippen LogP contribution in [0.15, 0.2) is 24.3 Å². The summed E-state index contributed by atoms with van der Waals surface area (Å²) in [5, 5.41) is 0. The quantitative estimate of drug-likeness (QED) is 0.545. The van der Waals surface area contributed by atoms with E-state index in [0.717, 1.165) is 5.75 Å². The second-order valence-corrected chi connectivity index (χ2v) is 6.84. The Balaban J connectivity index is 2.03. The van der Waals surface area contributed by atoms with Gasteiger partial charge in [0.1, 0.15) is 5.75 Å². The number of hydrogen-bond acceptors (Lipinski definition) is 1. The van der Waals surface area contributed by atoms with Crippen LogP contribution in [0.4, 0.5) is 0 Å². The summed E-state index contributed by atoms with van der Waals surface area (Å²) in [4.78, 5) is 0.691. The van der Waals surface area contributed by atoms with Gasteiger partial charge in [0.2, 0.25) is 0 Å². The molecule has 100 valence electrons. The van der Waals surface area contributed by atoms with Gasteiger partial charge in [-0.3, -0.25) is 0 Å². The molecule has 0 N–H and O–H groups in total. The lowest BCUT2D eigenvalue weighted by molar-refractivity contribution is 0.242. The van der Waals surface area contributed by atoms with Crippen LogP contribution in [0.3, 0.4) is 0 Å². The number of halogens is 1. The minimum Gasteiger partial charge on any atom is -0.491 e. The van der Waals surface area contributed by atoms with Gasteiger partial charge in [0.15, 0.2) is 0 Å². The fraction of sp³-hybridized carbons (Fsp3) is 0.625. The standard InChI is InChI=1S/C16H23BrO/c1-12(2)18-16-9-7-13(8-10-16)14-5-3-4-6-15(17)11-14/h7-10,12,14-15H,3-6,11H2,1-2H3. The maximum atomic E-state index is 5.69. The van der Waals surface area contributed by atoms with E-state index in [4.69, 9.17) is 4.74 Å². The predicted molar refractivity (Wildman–Crippen MR) is 80.7 cm³/mol. The summed E-state index contributed by atoms with van der Waals surface area (Å²) in [7, 11) is 0. The van der Waals surface area contributed by atoms with Gasteiger partial charge in [-0.25, -0.2) is 0 Å². The van der Waals surface area contributed by atoms with Crippen molar-refractivity contribution in [2.75, 3.05) is 0 Å². The van der Waals surface area contributed by atoms with Gasteiger partial charge in [-0.1, -0.05) is 40.9 Å². The molecule has 1 aromatic rings. The summed E-state index contributed by atoms with van der Waals surface area (Å²) in [5.41, 5.74) is 1.47. The summed E-state index contributed by atoms with van der Waals surface area (Å²) < 4.78 is 5.69. The molecule has 1 nitrogen and oxygen atoms in total. The van der Waals surface area contributed by atoms with Gasteiger partial charge in [-0.2, -0.15) is 0 Å². The van der Waals surface area contributed by atoms with Gasteiger partial charge < -0.3 is 4.74 Å². The molecular formula is C16H23BrO. The van der Waals surface area contributed by atoms with Crippen LogP contribution in [0.2, 0.25) is 0 Å². The Morgan fingerprint density at radius 1 is 1.11 bits per heavy atom. The van der Waals surface area contributed by atoms with E-state index in [1.807, 2.05) is 0 Å². The Bertz CT molecular complexity index is 358. The van der Waals surface area contributed by atoms with E-state index < -0.39 is 0 Å². The summed E-state index contributed by atoms with van der Waals surface area (Å²) in [5.74, 6) is 1.70. The molecular weight excluding hydrogens is 288 g/mol. The summed E-state index contributed by atoms with van der Waals surface area (Å²) in [6.07, 6.45) is 6.89. The smallest absolute Gasteiger partial charge is 0.119 e. The number of ether oxygens (including phenoxy) is 1. The fourth-order valence-electron chi connectivity index (χ4n) is 2.69. The summed E-state index contributed by atoms with van der Waals surface area (Å²) >= 11 is 3.80. The van der Waals surface area contributed by atoms with E-state index in [1.54, 1.807) is 0 Å². The first-order valence-corrected chi connectivity index (χ1v) is 7.97. The highest BCUT2D eigenvalue weighted by atomic mass is 79.9. The van der Waals surface area contributed by atoms with E-state index in [0.29, 0.717) is 10.7 Å². The molecule has 1 saturated carbocycles. The molecule has 2 atom stereocenters. The van der Waals surface area contributed by atoms with Gasteiger partial charge in [0.25, 0.3) is 0 Å². The van der Waals surface area contributed by atoms with Gasteiger partial charge in [0.05, 0.1) is 6.10 Å². The highest BCUT2D eigenvalue weighted by Crippen LogP contribution is 2.35. The van der Waals surface area contributed by atoms with Crippen molar-refractivity contribution in [2.24, 2.45) is 0 Å². The van der Waals surface area contributed by atoms with Gasteiger partial charge in [-0.05, 0) is 56.7 Å². The molecule has 1 fully saturated rings. The van der Waals surface area contributed by atoms with Gasteiger partial charge in [0, 0.05) is 4.83 Å². The van der Waals surface area contributed by atoms with Crippen LogP contribution >= 0.6 is 15.9 Å². The Morgan fingerprint density at radius 2 is 1.78 bits per heavy atom. The number of rotatable bonds is 3. The first kappa shape index (κ1) is 13.9. The van der Waals surface area contributed by atoms with Crippen LogP contribution < -0.4 is 4.74 Å². The van der Waals surface area contributed by atoms with E-state index in [-0.39, 0.29) is 6.10 Å². The third-order valence-corrected chi connectivity index (χ3v) is 4.42. The van der Waals surface area contributed by atoms with Crippen LogP contribution in [-0.2, 0) is 0 Å². The molecule has 1 aliphatic rings. The van der Waals surface area contributed by atoms with Crippen molar-refractivity contribution in [1.29, 1.82) is 0 Å². The van der Waals surface area contributed by atoms with Crippen molar-refractivity contribution in [3.63, 3.8) is 0 Å². The third-order valence-electron chi connectivity index (χ3n) is 3.58. The largest absolute Gasteiger partial charge is 0.491 e. The molecule has 0 bridgehead atoms. The average molecular weight is 311 g/mol. The Morgan fingerprint density at radius 3 is 2.44 bits per heavy atom. The minimum atomic E-state index is 0.251.